The molecule has 0 amide bonds. The van der Waals surface area contributed by atoms with Crippen LogP contribution in [-0.2, 0) is 9.53 Å². The number of nitrogens with one attached hydrogen (secondary N) is 1. The Balaban J connectivity index is 2.07. The van der Waals surface area contributed by atoms with Crippen LogP contribution in [0.25, 0.3) is 0 Å². The molecule has 0 unspecified atom stereocenters. The first kappa shape index (κ1) is 11.2. The summed E-state index contributed by atoms with van der Waals surface area (Å²) in [5.41, 5.74) is 0.181. The van der Waals surface area contributed by atoms with Crippen molar-refractivity contribution in [1.29, 1.82) is 0 Å². The number of ether oxygens (including phenoxy) is 1. The average molecular weight is 232 g/mol. The van der Waals surface area contributed by atoms with E-state index >= 15 is 0 Å². The lowest BCUT2D eigenvalue weighted by Gasteiger charge is -2.51. The van der Waals surface area contributed by atoms with Gasteiger partial charge >= 0.3 is 5.97 Å². The summed E-state index contributed by atoms with van der Waals surface area (Å²) in [5, 5.41) is 0. The molecule has 0 spiro atoms. The third-order valence-electron chi connectivity index (χ3n) is 4.46. The van der Waals surface area contributed by atoms with Crippen molar-refractivity contribution in [2.75, 3.05) is 13.7 Å². The molecule has 3 rings (SSSR count). The van der Waals surface area contributed by atoms with Crippen molar-refractivity contribution in [3.63, 3.8) is 0 Å². The number of esters is 1. The van der Waals surface area contributed by atoms with Gasteiger partial charge in [0.05, 0.1) is 12.5 Å². The fourth-order valence-electron chi connectivity index (χ4n) is 3.19. The van der Waals surface area contributed by atoms with Gasteiger partial charge in [0, 0.05) is 6.54 Å². The zero-order chi connectivity index (χ0) is 10.9. The maximum absolute atomic E-state index is 11.7. The SMILES string of the molecule is COC(=O)C12CCC(CNCl)(CC1)CC2. The van der Waals surface area contributed by atoms with Crippen LogP contribution in [0.15, 0.2) is 0 Å². The Morgan fingerprint density at radius 1 is 1.27 bits per heavy atom. The Kier molecular flexibility index (Phi) is 2.95. The van der Waals surface area contributed by atoms with E-state index in [1.165, 1.54) is 7.11 Å². The highest BCUT2D eigenvalue weighted by atomic mass is 35.5. The minimum absolute atomic E-state index is 0.00497. The summed E-state index contributed by atoms with van der Waals surface area (Å²) in [6.07, 6.45) is 6.21. The van der Waals surface area contributed by atoms with Crippen LogP contribution in [0.1, 0.15) is 38.5 Å². The number of methoxy groups -OCH3 is 1. The lowest BCUT2D eigenvalue weighted by Crippen LogP contribution is -2.49. The van der Waals surface area contributed by atoms with E-state index in [0.29, 0.717) is 5.41 Å². The average Bonchev–Trinajstić information content (AvgIpc) is 2.30. The molecule has 4 heteroatoms. The highest BCUT2D eigenvalue weighted by Gasteiger charge is 2.52. The van der Waals surface area contributed by atoms with Gasteiger partial charge in [-0.25, -0.2) is 4.84 Å². The summed E-state index contributed by atoms with van der Waals surface area (Å²) < 4.78 is 4.92. The van der Waals surface area contributed by atoms with E-state index in [-0.39, 0.29) is 11.4 Å². The molecule has 86 valence electrons. The second kappa shape index (κ2) is 3.95. The predicted octanol–water partition coefficient (Wildman–Crippen LogP) is 2.24. The molecule has 0 aromatic heterocycles. The fraction of sp³-hybridized carbons (Fsp3) is 0.909. The summed E-state index contributed by atoms with van der Waals surface area (Å²) in [7, 11) is 1.49. The van der Waals surface area contributed by atoms with Crippen LogP contribution in [0.2, 0.25) is 0 Å². The van der Waals surface area contributed by atoms with Gasteiger partial charge in [-0.05, 0) is 55.7 Å². The summed E-state index contributed by atoms with van der Waals surface area (Å²) >= 11 is 5.60. The van der Waals surface area contributed by atoms with Crippen LogP contribution in [0.3, 0.4) is 0 Å². The Hall–Kier alpha value is -0.280. The Bertz CT molecular complexity index is 243. The van der Waals surface area contributed by atoms with E-state index in [0.717, 1.165) is 45.1 Å². The molecule has 2 bridgehead atoms. The highest BCUT2D eigenvalue weighted by molar-refractivity contribution is 6.13. The van der Waals surface area contributed by atoms with Crippen molar-refractivity contribution in [3.05, 3.63) is 0 Å². The zero-order valence-corrected chi connectivity index (χ0v) is 9.90. The molecular weight excluding hydrogens is 214 g/mol. The standard InChI is InChI=1S/C11H18ClNO2/c1-15-9(14)11-5-2-10(3-6-11,4-7-11)8-13-12/h13H,2-8H2,1H3. The number of fused-ring (bicyclic) bond motifs is 3. The second-order valence-corrected chi connectivity index (χ2v) is 5.35. The van der Waals surface area contributed by atoms with E-state index in [4.69, 9.17) is 16.5 Å². The molecule has 0 heterocycles. The molecule has 3 fully saturated rings. The van der Waals surface area contributed by atoms with E-state index in [9.17, 15) is 4.79 Å². The monoisotopic (exact) mass is 231 g/mol. The largest absolute Gasteiger partial charge is 0.469 e. The maximum atomic E-state index is 11.7. The van der Waals surface area contributed by atoms with Crippen molar-refractivity contribution in [2.45, 2.75) is 38.5 Å². The molecule has 0 aromatic rings. The van der Waals surface area contributed by atoms with E-state index < -0.39 is 0 Å². The molecule has 3 saturated carbocycles. The van der Waals surface area contributed by atoms with Crippen molar-refractivity contribution in [1.82, 2.24) is 4.84 Å². The fourth-order valence-corrected chi connectivity index (χ4v) is 3.48. The van der Waals surface area contributed by atoms with Crippen LogP contribution in [-0.4, -0.2) is 19.6 Å². The Morgan fingerprint density at radius 2 is 1.80 bits per heavy atom. The van der Waals surface area contributed by atoms with Gasteiger partial charge in [-0.1, -0.05) is 0 Å². The minimum Gasteiger partial charge on any atom is -0.469 e. The van der Waals surface area contributed by atoms with Gasteiger partial charge in [0.1, 0.15) is 0 Å². The molecular formula is C11H18ClNO2. The van der Waals surface area contributed by atoms with Gasteiger partial charge in [0.25, 0.3) is 0 Å². The van der Waals surface area contributed by atoms with Crippen LogP contribution in [0.5, 0.6) is 0 Å². The first-order valence-electron chi connectivity index (χ1n) is 5.58. The van der Waals surface area contributed by atoms with Crippen molar-refractivity contribution < 1.29 is 9.53 Å². The molecule has 0 aliphatic heterocycles. The summed E-state index contributed by atoms with van der Waals surface area (Å²) in [5.74, 6) is -0.00497. The quantitative estimate of drug-likeness (QED) is 0.598. The first-order valence-corrected chi connectivity index (χ1v) is 5.96. The second-order valence-electron chi connectivity index (χ2n) is 5.08. The van der Waals surface area contributed by atoms with Gasteiger partial charge in [-0.3, -0.25) is 4.79 Å². The maximum Gasteiger partial charge on any atom is 0.311 e. The number of carbonyl (C=O) groups is 1. The minimum atomic E-state index is -0.164. The van der Waals surface area contributed by atoms with Gasteiger partial charge in [-0.15, -0.1) is 0 Å². The van der Waals surface area contributed by atoms with Crippen LogP contribution >= 0.6 is 11.8 Å². The lowest BCUT2D eigenvalue weighted by molar-refractivity contribution is -0.162. The lowest BCUT2D eigenvalue weighted by atomic mass is 9.54. The number of carbonyl (C=O) groups excluding carboxylic acids is 1. The molecule has 0 atom stereocenters. The molecule has 3 aliphatic rings. The number of hydrogen-bond acceptors (Lipinski definition) is 3. The van der Waals surface area contributed by atoms with Crippen LogP contribution in [0, 0.1) is 10.8 Å². The first-order chi connectivity index (χ1) is 7.16. The van der Waals surface area contributed by atoms with E-state index in [1.807, 2.05) is 0 Å². The molecule has 15 heavy (non-hydrogen) atoms. The summed E-state index contributed by atoms with van der Waals surface area (Å²) in [6.45, 7) is 0.867. The van der Waals surface area contributed by atoms with Gasteiger partial charge in [-0.2, -0.15) is 0 Å². The van der Waals surface area contributed by atoms with Crippen LogP contribution < -0.4 is 4.84 Å². The zero-order valence-electron chi connectivity index (χ0n) is 9.14. The number of halogens is 1. The normalized spacial score (nSPS) is 39.1. The number of hydrogen-bond donors (Lipinski definition) is 1. The molecule has 1 N–H and O–H groups in total. The van der Waals surface area contributed by atoms with Crippen molar-refractivity contribution in [2.24, 2.45) is 10.8 Å². The predicted molar refractivity (Wildman–Crippen MR) is 58.4 cm³/mol. The summed E-state index contributed by atoms with van der Waals surface area (Å²) in [4.78, 5) is 14.5. The Morgan fingerprint density at radius 3 is 2.20 bits per heavy atom. The van der Waals surface area contributed by atoms with Crippen molar-refractivity contribution in [3.8, 4) is 0 Å². The molecule has 0 radical (unpaired) electrons. The topological polar surface area (TPSA) is 38.3 Å². The highest BCUT2D eigenvalue weighted by Crippen LogP contribution is 2.57. The molecule has 3 aliphatic carbocycles. The smallest absolute Gasteiger partial charge is 0.311 e. The van der Waals surface area contributed by atoms with Crippen molar-refractivity contribution >= 4 is 17.7 Å². The molecule has 0 saturated heterocycles. The van der Waals surface area contributed by atoms with Crippen LogP contribution in [0.4, 0.5) is 0 Å². The van der Waals surface area contributed by atoms with Gasteiger partial charge in [0.2, 0.25) is 0 Å². The molecule has 0 aromatic carbocycles. The third-order valence-corrected chi connectivity index (χ3v) is 4.60. The number of rotatable bonds is 3. The van der Waals surface area contributed by atoms with Gasteiger partial charge in [0.15, 0.2) is 0 Å². The van der Waals surface area contributed by atoms with E-state index in [1.54, 1.807) is 0 Å². The molecule has 3 nitrogen and oxygen atoms in total. The summed E-state index contributed by atoms with van der Waals surface area (Å²) in [6, 6.07) is 0. The Labute approximate surface area is 95.6 Å². The third kappa shape index (κ3) is 1.76. The van der Waals surface area contributed by atoms with E-state index in [2.05, 4.69) is 4.84 Å². The van der Waals surface area contributed by atoms with Gasteiger partial charge < -0.3 is 4.74 Å².